The number of aryl methyl sites for hydroxylation is 1. The van der Waals surface area contributed by atoms with Gasteiger partial charge in [-0.2, -0.15) is 0 Å². The number of hydrogen-bond donors (Lipinski definition) is 1. The van der Waals surface area contributed by atoms with E-state index >= 15 is 0 Å². The number of carbonyl (C=O) groups is 2. The first-order chi connectivity index (χ1) is 14.2. The van der Waals surface area contributed by atoms with Crippen LogP contribution in [0, 0.1) is 12.7 Å². The zero-order valence-electron chi connectivity index (χ0n) is 17.0. The molecule has 6 nitrogen and oxygen atoms in total. The van der Waals surface area contributed by atoms with E-state index in [1.165, 1.54) is 13.0 Å². The summed E-state index contributed by atoms with van der Waals surface area (Å²) in [5.41, 5.74) is 1.71. The van der Waals surface area contributed by atoms with Gasteiger partial charge in [0, 0.05) is 20.0 Å². The van der Waals surface area contributed by atoms with Crippen molar-refractivity contribution in [1.29, 1.82) is 0 Å². The molecular formula is C22H25FN2O4S. The van der Waals surface area contributed by atoms with Crippen molar-refractivity contribution in [2.45, 2.75) is 31.9 Å². The lowest BCUT2D eigenvalue weighted by Gasteiger charge is -2.30. The Morgan fingerprint density at radius 2 is 1.73 bits per heavy atom. The van der Waals surface area contributed by atoms with Crippen molar-refractivity contribution in [3.05, 3.63) is 59.4 Å². The summed E-state index contributed by atoms with van der Waals surface area (Å²) in [5.74, 6) is -1.36. The molecule has 1 aliphatic heterocycles. The second-order valence-electron chi connectivity index (χ2n) is 7.52. The average molecular weight is 433 g/mol. The second kappa shape index (κ2) is 9.06. The van der Waals surface area contributed by atoms with Crippen LogP contribution in [0.3, 0.4) is 0 Å². The number of benzene rings is 2. The van der Waals surface area contributed by atoms with Gasteiger partial charge in [-0.1, -0.05) is 30.3 Å². The van der Waals surface area contributed by atoms with Crippen LogP contribution in [0.25, 0.3) is 11.1 Å². The molecule has 0 saturated carbocycles. The molecule has 2 aromatic rings. The van der Waals surface area contributed by atoms with Crippen molar-refractivity contribution in [3.63, 3.8) is 0 Å². The molecule has 0 bridgehead atoms. The number of hydrogen-bond acceptors (Lipinski definition) is 4. The van der Waals surface area contributed by atoms with E-state index in [9.17, 15) is 22.4 Å². The summed E-state index contributed by atoms with van der Waals surface area (Å²) in [6.07, 6.45) is 0.611. The van der Waals surface area contributed by atoms with E-state index in [0.29, 0.717) is 37.1 Å². The van der Waals surface area contributed by atoms with E-state index in [1.807, 2.05) is 30.3 Å². The number of rotatable bonds is 6. The van der Waals surface area contributed by atoms with Crippen LogP contribution in [0.1, 0.15) is 35.7 Å². The topological polar surface area (TPSA) is 83.6 Å². The quantitative estimate of drug-likeness (QED) is 0.712. The summed E-state index contributed by atoms with van der Waals surface area (Å²) in [6, 6.07) is 12.4. The summed E-state index contributed by atoms with van der Waals surface area (Å²) in [5, 5.41) is -0.678. The Morgan fingerprint density at radius 1 is 1.10 bits per heavy atom. The fourth-order valence-corrected chi connectivity index (χ4v) is 5.03. The molecule has 3 rings (SSSR count). The molecule has 1 fully saturated rings. The fraction of sp³-hybridized carbons (Fsp3) is 0.364. The predicted octanol–water partition coefficient (Wildman–Crippen LogP) is 2.91. The molecule has 160 valence electrons. The Bertz CT molecular complexity index is 1050. The summed E-state index contributed by atoms with van der Waals surface area (Å²) in [6.45, 7) is 3.24. The number of sulfonamides is 1. The predicted molar refractivity (Wildman–Crippen MR) is 113 cm³/mol. The first kappa shape index (κ1) is 22.1. The fourth-order valence-electron chi connectivity index (χ4n) is 3.63. The molecule has 0 aliphatic carbocycles. The maximum Gasteiger partial charge on any atom is 0.219 e. The third-order valence-electron chi connectivity index (χ3n) is 5.42. The van der Waals surface area contributed by atoms with Crippen molar-refractivity contribution in [3.8, 4) is 11.1 Å². The number of ketones is 1. The molecule has 0 unspecified atom stereocenters. The van der Waals surface area contributed by atoms with Gasteiger partial charge < -0.3 is 4.90 Å². The number of likely N-dealkylation sites (tertiary alicyclic amines) is 1. The zero-order chi connectivity index (χ0) is 21.9. The number of carbonyl (C=O) groups excluding carboxylic acids is 2. The van der Waals surface area contributed by atoms with Gasteiger partial charge in [-0.3, -0.25) is 9.59 Å². The molecule has 1 heterocycles. The number of amides is 1. The van der Waals surface area contributed by atoms with E-state index in [-0.39, 0.29) is 11.5 Å². The Hall–Kier alpha value is -2.58. The molecule has 0 aromatic heterocycles. The maximum atomic E-state index is 14.6. The van der Waals surface area contributed by atoms with E-state index < -0.39 is 33.4 Å². The second-order valence-corrected chi connectivity index (χ2v) is 9.56. The highest BCUT2D eigenvalue weighted by Gasteiger charge is 2.31. The SMILES string of the molecule is CC(=O)N1CCC(S(=O)(=O)NCC(=O)c2cc(-c3ccccc3)cc(C)c2F)CC1. The normalized spacial score (nSPS) is 15.2. The standard InChI is InChI=1S/C22H25FN2O4S/c1-15-12-18(17-6-4-3-5-7-17)13-20(22(15)23)21(27)14-24-30(28,29)19-8-10-25(11-9-19)16(2)26/h3-7,12-13,19,24H,8-11,14H2,1-2H3. The van der Waals surface area contributed by atoms with Gasteiger partial charge >= 0.3 is 0 Å². The van der Waals surface area contributed by atoms with E-state index in [4.69, 9.17) is 0 Å². The van der Waals surface area contributed by atoms with Gasteiger partial charge in [0.05, 0.1) is 17.4 Å². The monoisotopic (exact) mass is 432 g/mol. The maximum absolute atomic E-state index is 14.6. The van der Waals surface area contributed by atoms with Crippen molar-refractivity contribution < 1.29 is 22.4 Å². The smallest absolute Gasteiger partial charge is 0.219 e. The third kappa shape index (κ3) is 4.94. The van der Waals surface area contributed by atoms with Crippen LogP contribution < -0.4 is 4.72 Å². The molecule has 1 N–H and O–H groups in total. The Balaban J connectivity index is 1.72. The number of Topliss-reactive ketones (excluding diaryl/α,β-unsaturated/α-hetero) is 1. The van der Waals surface area contributed by atoms with Crippen molar-refractivity contribution in [1.82, 2.24) is 9.62 Å². The largest absolute Gasteiger partial charge is 0.343 e. The highest BCUT2D eigenvalue weighted by atomic mass is 32.2. The minimum absolute atomic E-state index is 0.0851. The van der Waals surface area contributed by atoms with Crippen LogP contribution in [0.4, 0.5) is 4.39 Å². The van der Waals surface area contributed by atoms with E-state index in [1.54, 1.807) is 17.9 Å². The molecule has 0 radical (unpaired) electrons. The van der Waals surface area contributed by atoms with Gasteiger partial charge in [0.1, 0.15) is 5.82 Å². The molecular weight excluding hydrogens is 407 g/mol. The Morgan fingerprint density at radius 3 is 2.33 bits per heavy atom. The van der Waals surface area contributed by atoms with E-state index in [0.717, 1.165) is 5.56 Å². The van der Waals surface area contributed by atoms with Gasteiger partial charge in [0.2, 0.25) is 15.9 Å². The molecule has 1 amide bonds. The van der Waals surface area contributed by atoms with Crippen LogP contribution in [-0.4, -0.2) is 49.9 Å². The Labute approximate surface area is 176 Å². The van der Waals surface area contributed by atoms with Crippen LogP contribution in [0.15, 0.2) is 42.5 Å². The molecule has 1 aliphatic rings. The lowest BCUT2D eigenvalue weighted by atomic mass is 9.98. The summed E-state index contributed by atoms with van der Waals surface area (Å²) < 4.78 is 42.1. The van der Waals surface area contributed by atoms with Crippen LogP contribution in [0.2, 0.25) is 0 Å². The van der Waals surface area contributed by atoms with Crippen LogP contribution in [-0.2, 0) is 14.8 Å². The van der Waals surface area contributed by atoms with Gasteiger partial charge in [0.25, 0.3) is 0 Å². The first-order valence-corrected chi connectivity index (χ1v) is 11.4. The van der Waals surface area contributed by atoms with Gasteiger partial charge in [-0.05, 0) is 48.6 Å². The summed E-state index contributed by atoms with van der Waals surface area (Å²) in [4.78, 5) is 25.7. The van der Waals surface area contributed by atoms with Crippen LogP contribution >= 0.6 is 0 Å². The number of piperidine rings is 1. The third-order valence-corrected chi connectivity index (χ3v) is 7.32. The van der Waals surface area contributed by atoms with E-state index in [2.05, 4.69) is 4.72 Å². The molecule has 0 atom stereocenters. The number of nitrogens with one attached hydrogen (secondary N) is 1. The first-order valence-electron chi connectivity index (χ1n) is 9.82. The minimum atomic E-state index is -3.75. The molecule has 0 spiro atoms. The molecule has 30 heavy (non-hydrogen) atoms. The van der Waals surface area contributed by atoms with Gasteiger partial charge in [0.15, 0.2) is 5.78 Å². The Kier molecular flexibility index (Phi) is 6.67. The van der Waals surface area contributed by atoms with Crippen molar-refractivity contribution in [2.75, 3.05) is 19.6 Å². The summed E-state index contributed by atoms with van der Waals surface area (Å²) in [7, 11) is -3.75. The average Bonchev–Trinajstić information content (AvgIpc) is 2.74. The van der Waals surface area contributed by atoms with Crippen molar-refractivity contribution >= 4 is 21.7 Å². The zero-order valence-corrected chi connectivity index (χ0v) is 17.8. The highest BCUT2D eigenvalue weighted by Crippen LogP contribution is 2.25. The van der Waals surface area contributed by atoms with Crippen molar-refractivity contribution in [2.24, 2.45) is 0 Å². The lowest BCUT2D eigenvalue weighted by Crippen LogP contribution is -2.45. The van der Waals surface area contributed by atoms with Gasteiger partial charge in [-0.25, -0.2) is 17.5 Å². The number of halogens is 1. The highest BCUT2D eigenvalue weighted by molar-refractivity contribution is 7.90. The van der Waals surface area contributed by atoms with Gasteiger partial charge in [-0.15, -0.1) is 0 Å². The molecule has 2 aromatic carbocycles. The number of nitrogens with zero attached hydrogens (tertiary/aromatic N) is 1. The summed E-state index contributed by atoms with van der Waals surface area (Å²) >= 11 is 0. The molecule has 1 saturated heterocycles. The minimum Gasteiger partial charge on any atom is -0.343 e. The molecule has 8 heteroatoms. The van der Waals surface area contributed by atoms with Crippen LogP contribution in [0.5, 0.6) is 0 Å². The lowest BCUT2D eigenvalue weighted by molar-refractivity contribution is -0.129.